The summed E-state index contributed by atoms with van der Waals surface area (Å²) in [6, 6.07) is 7.56. The lowest BCUT2D eigenvalue weighted by Gasteiger charge is -2.09. The highest BCUT2D eigenvalue weighted by molar-refractivity contribution is 5.77. The number of benzene rings is 1. The Balaban J connectivity index is 2.14. The lowest BCUT2D eigenvalue weighted by atomic mass is 10.1. The van der Waals surface area contributed by atoms with Gasteiger partial charge >= 0.3 is 5.97 Å². The molecule has 0 bridgehead atoms. The van der Waals surface area contributed by atoms with Crippen molar-refractivity contribution >= 4 is 11.9 Å². The fraction of sp³-hybridized carbons (Fsp3) is 0.579. The van der Waals surface area contributed by atoms with Crippen molar-refractivity contribution in [2.75, 3.05) is 13.7 Å². The minimum absolute atomic E-state index is 0.0755. The van der Waals surface area contributed by atoms with Gasteiger partial charge in [-0.2, -0.15) is 0 Å². The summed E-state index contributed by atoms with van der Waals surface area (Å²) in [5, 5.41) is 2.84. The Kier molecular flexibility index (Phi) is 9.58. The zero-order valence-electron chi connectivity index (χ0n) is 15.0. The Bertz CT molecular complexity index is 514. The van der Waals surface area contributed by atoms with Gasteiger partial charge in [0.2, 0.25) is 5.91 Å². The quantitative estimate of drug-likeness (QED) is 0.497. The van der Waals surface area contributed by atoms with E-state index in [4.69, 9.17) is 9.47 Å². The molecule has 0 atom stereocenters. The third-order valence-electron chi connectivity index (χ3n) is 3.64. The van der Waals surface area contributed by atoms with Crippen LogP contribution < -0.4 is 10.1 Å². The largest absolute Gasteiger partial charge is 0.496 e. The van der Waals surface area contributed by atoms with Gasteiger partial charge in [-0.05, 0) is 31.2 Å². The SMILES string of the molecule is COc1ccccc1CNC(=O)CCCC(=O)OCCCC(C)C. The first-order valence-electron chi connectivity index (χ1n) is 8.57. The van der Waals surface area contributed by atoms with Gasteiger partial charge < -0.3 is 14.8 Å². The highest BCUT2D eigenvalue weighted by Gasteiger charge is 2.08. The summed E-state index contributed by atoms with van der Waals surface area (Å²) in [5.74, 6) is 1.07. The smallest absolute Gasteiger partial charge is 0.305 e. The van der Waals surface area contributed by atoms with E-state index in [9.17, 15) is 9.59 Å². The average Bonchev–Trinajstić information content (AvgIpc) is 2.57. The van der Waals surface area contributed by atoms with Gasteiger partial charge in [0.15, 0.2) is 0 Å². The second-order valence-electron chi connectivity index (χ2n) is 6.20. The van der Waals surface area contributed by atoms with E-state index in [1.54, 1.807) is 7.11 Å². The van der Waals surface area contributed by atoms with Crippen molar-refractivity contribution in [3.05, 3.63) is 29.8 Å². The zero-order valence-corrected chi connectivity index (χ0v) is 15.0. The van der Waals surface area contributed by atoms with E-state index in [0.717, 1.165) is 24.2 Å². The summed E-state index contributed by atoms with van der Waals surface area (Å²) >= 11 is 0. The number of hydrogen-bond acceptors (Lipinski definition) is 4. The topological polar surface area (TPSA) is 64.6 Å². The van der Waals surface area contributed by atoms with Crippen molar-refractivity contribution in [2.45, 2.75) is 52.5 Å². The number of carbonyl (C=O) groups excluding carboxylic acids is 2. The van der Waals surface area contributed by atoms with Crippen LogP contribution in [0.1, 0.15) is 51.5 Å². The third-order valence-corrected chi connectivity index (χ3v) is 3.64. The van der Waals surface area contributed by atoms with Gasteiger partial charge in [0.1, 0.15) is 5.75 Å². The highest BCUT2D eigenvalue weighted by atomic mass is 16.5. The lowest BCUT2D eigenvalue weighted by molar-refractivity contribution is -0.144. The maximum absolute atomic E-state index is 11.8. The number of rotatable bonds is 11. The number of carbonyl (C=O) groups is 2. The van der Waals surface area contributed by atoms with E-state index >= 15 is 0 Å². The molecule has 0 aliphatic rings. The highest BCUT2D eigenvalue weighted by Crippen LogP contribution is 2.16. The molecule has 1 N–H and O–H groups in total. The maximum atomic E-state index is 11.8. The molecule has 0 heterocycles. The predicted octanol–water partition coefficient (Wildman–Crippen LogP) is 3.46. The Morgan fingerprint density at radius 1 is 1.12 bits per heavy atom. The second kappa shape index (κ2) is 11.5. The second-order valence-corrected chi connectivity index (χ2v) is 6.20. The standard InChI is InChI=1S/C19H29NO4/c1-15(2)8-7-13-24-19(22)12-6-11-18(21)20-14-16-9-4-5-10-17(16)23-3/h4-5,9-10,15H,6-8,11-14H2,1-3H3,(H,20,21). The van der Waals surface area contributed by atoms with Gasteiger partial charge in [-0.25, -0.2) is 0 Å². The summed E-state index contributed by atoms with van der Waals surface area (Å²) in [6.07, 6.45) is 3.04. The summed E-state index contributed by atoms with van der Waals surface area (Å²) in [7, 11) is 1.60. The molecule has 0 fully saturated rings. The molecule has 0 saturated heterocycles. The van der Waals surface area contributed by atoms with Crippen LogP contribution in [0, 0.1) is 5.92 Å². The zero-order chi connectivity index (χ0) is 17.8. The molecule has 24 heavy (non-hydrogen) atoms. The fourth-order valence-corrected chi connectivity index (χ4v) is 2.27. The van der Waals surface area contributed by atoms with Crippen molar-refractivity contribution in [1.29, 1.82) is 0 Å². The molecule has 1 amide bonds. The van der Waals surface area contributed by atoms with Crippen molar-refractivity contribution in [3.8, 4) is 5.75 Å². The van der Waals surface area contributed by atoms with E-state index in [1.807, 2.05) is 24.3 Å². The molecule has 0 radical (unpaired) electrons. The Labute approximate surface area is 144 Å². The number of para-hydroxylation sites is 1. The van der Waals surface area contributed by atoms with E-state index < -0.39 is 0 Å². The van der Waals surface area contributed by atoms with Crippen LogP contribution in [0.2, 0.25) is 0 Å². The van der Waals surface area contributed by atoms with Crippen LogP contribution in [0.15, 0.2) is 24.3 Å². The minimum Gasteiger partial charge on any atom is -0.496 e. The molecule has 5 heteroatoms. The van der Waals surface area contributed by atoms with Gasteiger partial charge in [0.05, 0.1) is 13.7 Å². The van der Waals surface area contributed by atoms with Gasteiger partial charge in [0.25, 0.3) is 0 Å². The van der Waals surface area contributed by atoms with Gasteiger partial charge in [-0.15, -0.1) is 0 Å². The monoisotopic (exact) mass is 335 g/mol. The van der Waals surface area contributed by atoms with E-state index in [2.05, 4.69) is 19.2 Å². The summed E-state index contributed by atoms with van der Waals surface area (Å²) in [4.78, 5) is 23.4. The number of nitrogens with one attached hydrogen (secondary N) is 1. The van der Waals surface area contributed by atoms with E-state index in [-0.39, 0.29) is 18.3 Å². The maximum Gasteiger partial charge on any atom is 0.305 e. The number of esters is 1. The Morgan fingerprint density at radius 2 is 1.88 bits per heavy atom. The van der Waals surface area contributed by atoms with Crippen LogP contribution in [0.3, 0.4) is 0 Å². The van der Waals surface area contributed by atoms with Crippen LogP contribution in [-0.2, 0) is 20.9 Å². The molecule has 134 valence electrons. The first kappa shape index (κ1) is 20.0. The van der Waals surface area contributed by atoms with Crippen molar-refractivity contribution < 1.29 is 19.1 Å². The molecule has 0 unspecified atom stereocenters. The Hall–Kier alpha value is -2.04. The van der Waals surface area contributed by atoms with Crippen LogP contribution in [-0.4, -0.2) is 25.6 Å². The van der Waals surface area contributed by atoms with Crippen LogP contribution in [0.25, 0.3) is 0 Å². The lowest BCUT2D eigenvalue weighted by Crippen LogP contribution is -2.23. The molecule has 0 aliphatic carbocycles. The van der Waals surface area contributed by atoms with Gasteiger partial charge in [-0.3, -0.25) is 9.59 Å². The van der Waals surface area contributed by atoms with Crippen LogP contribution >= 0.6 is 0 Å². The number of methoxy groups -OCH3 is 1. The molecule has 1 rings (SSSR count). The molecule has 0 spiro atoms. The first-order valence-corrected chi connectivity index (χ1v) is 8.57. The number of ether oxygens (including phenoxy) is 2. The molecule has 0 aromatic heterocycles. The van der Waals surface area contributed by atoms with Crippen molar-refractivity contribution in [2.24, 2.45) is 5.92 Å². The molecule has 1 aromatic carbocycles. The molecular weight excluding hydrogens is 306 g/mol. The van der Waals surface area contributed by atoms with Crippen LogP contribution in [0.5, 0.6) is 5.75 Å². The average molecular weight is 335 g/mol. The van der Waals surface area contributed by atoms with Gasteiger partial charge in [0, 0.05) is 24.9 Å². The molecular formula is C19H29NO4. The van der Waals surface area contributed by atoms with Crippen molar-refractivity contribution in [1.82, 2.24) is 5.32 Å². The number of amides is 1. The molecule has 0 saturated carbocycles. The minimum atomic E-state index is -0.226. The molecule has 5 nitrogen and oxygen atoms in total. The van der Waals surface area contributed by atoms with Gasteiger partial charge in [-0.1, -0.05) is 32.0 Å². The Morgan fingerprint density at radius 3 is 2.58 bits per heavy atom. The third kappa shape index (κ3) is 8.56. The van der Waals surface area contributed by atoms with Crippen LogP contribution in [0.4, 0.5) is 0 Å². The van der Waals surface area contributed by atoms with E-state index in [1.165, 1.54) is 0 Å². The summed E-state index contributed by atoms with van der Waals surface area (Å²) < 4.78 is 10.4. The normalized spacial score (nSPS) is 10.5. The first-order chi connectivity index (χ1) is 11.5. The predicted molar refractivity (Wildman–Crippen MR) is 93.7 cm³/mol. The van der Waals surface area contributed by atoms with Crippen molar-refractivity contribution in [3.63, 3.8) is 0 Å². The summed E-state index contributed by atoms with van der Waals surface area (Å²) in [6.45, 7) is 5.18. The fourth-order valence-electron chi connectivity index (χ4n) is 2.27. The summed E-state index contributed by atoms with van der Waals surface area (Å²) in [5.41, 5.74) is 0.929. The number of hydrogen-bond donors (Lipinski definition) is 1. The van der Waals surface area contributed by atoms with E-state index in [0.29, 0.717) is 31.9 Å². The molecule has 0 aliphatic heterocycles. The molecule has 1 aromatic rings.